The van der Waals surface area contributed by atoms with Crippen molar-refractivity contribution in [2.75, 3.05) is 32.1 Å². The number of quaternary nitrogens is 1. The fraction of sp³-hybridized carbons (Fsp3) is 0.650. The van der Waals surface area contributed by atoms with Crippen molar-refractivity contribution in [3.05, 3.63) is 23.3 Å². The lowest BCUT2D eigenvalue weighted by atomic mass is 10.1. The van der Waals surface area contributed by atoms with Gasteiger partial charge in [-0.3, -0.25) is 4.79 Å². The summed E-state index contributed by atoms with van der Waals surface area (Å²) in [4.78, 5) is 13.0. The SMILES string of the molecule is CC[N+]1(C(C)C(=O)Nc2c(C)cc(OC)cc2C)CCCCCC1. The molecule has 1 saturated heterocycles. The number of hydrogen-bond acceptors (Lipinski definition) is 2. The van der Waals surface area contributed by atoms with Crippen LogP contribution in [-0.2, 0) is 4.79 Å². The maximum absolute atomic E-state index is 13.0. The highest BCUT2D eigenvalue weighted by Crippen LogP contribution is 2.28. The van der Waals surface area contributed by atoms with Gasteiger partial charge >= 0.3 is 0 Å². The molecule has 1 aromatic carbocycles. The van der Waals surface area contributed by atoms with Gasteiger partial charge in [0.2, 0.25) is 0 Å². The summed E-state index contributed by atoms with van der Waals surface area (Å²) in [5.41, 5.74) is 3.02. The van der Waals surface area contributed by atoms with Crippen molar-refractivity contribution in [3.8, 4) is 5.75 Å². The minimum absolute atomic E-state index is 0.0194. The molecule has 0 saturated carbocycles. The van der Waals surface area contributed by atoms with Gasteiger partial charge in [0.1, 0.15) is 5.75 Å². The van der Waals surface area contributed by atoms with E-state index in [1.165, 1.54) is 25.7 Å². The molecule has 1 aliphatic heterocycles. The van der Waals surface area contributed by atoms with Crippen LogP contribution in [0, 0.1) is 13.8 Å². The number of nitrogens with one attached hydrogen (secondary N) is 1. The summed E-state index contributed by atoms with van der Waals surface area (Å²) in [5.74, 6) is 0.968. The first-order valence-corrected chi connectivity index (χ1v) is 9.25. The molecule has 0 bridgehead atoms. The standard InChI is InChI=1S/C20H32N2O2/c1-6-22(11-9-7-8-10-12-22)17(4)20(23)21-19-15(2)13-18(24-5)14-16(19)3/h13-14,17H,6-12H2,1-5H3/p+1. The Morgan fingerprint density at radius 2 is 1.71 bits per heavy atom. The summed E-state index contributed by atoms with van der Waals surface area (Å²) in [5, 5.41) is 3.20. The van der Waals surface area contributed by atoms with Gasteiger partial charge in [-0.2, -0.15) is 0 Å². The molecular formula is C20H33N2O2+. The number of benzene rings is 1. The van der Waals surface area contributed by atoms with Crippen LogP contribution in [0.1, 0.15) is 50.7 Å². The number of carbonyl (C=O) groups is 1. The molecule has 1 unspecified atom stereocenters. The van der Waals surface area contributed by atoms with Crippen molar-refractivity contribution in [2.24, 2.45) is 0 Å². The number of hydrogen-bond donors (Lipinski definition) is 1. The average molecular weight is 333 g/mol. The number of carbonyl (C=O) groups excluding carboxylic acids is 1. The molecule has 4 heteroatoms. The number of nitrogens with zero attached hydrogens (tertiary/aromatic N) is 1. The van der Waals surface area contributed by atoms with E-state index in [0.29, 0.717) is 0 Å². The Hall–Kier alpha value is -1.55. The topological polar surface area (TPSA) is 38.3 Å². The van der Waals surface area contributed by atoms with Gasteiger partial charge < -0.3 is 14.5 Å². The fourth-order valence-electron chi connectivity index (χ4n) is 4.01. The number of aryl methyl sites for hydroxylation is 2. The Morgan fingerprint density at radius 3 is 2.17 bits per heavy atom. The quantitative estimate of drug-likeness (QED) is 0.826. The largest absolute Gasteiger partial charge is 0.497 e. The molecular weight excluding hydrogens is 300 g/mol. The Morgan fingerprint density at radius 1 is 1.17 bits per heavy atom. The molecule has 0 aromatic heterocycles. The van der Waals surface area contributed by atoms with Gasteiger partial charge in [0.05, 0.1) is 26.7 Å². The van der Waals surface area contributed by atoms with E-state index in [2.05, 4.69) is 19.2 Å². The van der Waals surface area contributed by atoms with Crippen molar-refractivity contribution in [2.45, 2.75) is 59.4 Å². The number of ether oxygens (including phenoxy) is 1. The maximum atomic E-state index is 13.0. The van der Waals surface area contributed by atoms with Gasteiger partial charge in [-0.1, -0.05) is 0 Å². The molecule has 4 nitrogen and oxygen atoms in total. The van der Waals surface area contributed by atoms with Crippen LogP contribution in [0.2, 0.25) is 0 Å². The number of methoxy groups -OCH3 is 1. The van der Waals surface area contributed by atoms with Gasteiger partial charge in [0.25, 0.3) is 5.91 Å². The molecule has 2 rings (SSSR count). The van der Waals surface area contributed by atoms with E-state index in [-0.39, 0.29) is 11.9 Å². The minimum Gasteiger partial charge on any atom is -0.497 e. The van der Waals surface area contributed by atoms with Crippen molar-refractivity contribution in [3.63, 3.8) is 0 Å². The van der Waals surface area contributed by atoms with Gasteiger partial charge in [0.15, 0.2) is 6.04 Å². The number of likely N-dealkylation sites (tertiary alicyclic amines) is 1. The number of rotatable bonds is 5. The van der Waals surface area contributed by atoms with Crippen LogP contribution in [-0.4, -0.2) is 43.2 Å². The van der Waals surface area contributed by atoms with E-state index in [1.807, 2.05) is 26.0 Å². The summed E-state index contributed by atoms with van der Waals surface area (Å²) in [6.07, 6.45) is 5.05. The Kier molecular flexibility index (Phi) is 6.27. The normalized spacial score (nSPS) is 18.5. The van der Waals surface area contributed by atoms with Crippen LogP contribution >= 0.6 is 0 Å². The lowest BCUT2D eigenvalue weighted by Gasteiger charge is -2.41. The minimum atomic E-state index is -0.0194. The van der Waals surface area contributed by atoms with Crippen molar-refractivity contribution >= 4 is 11.6 Å². The molecule has 1 N–H and O–H groups in total. The number of likely N-dealkylation sites (N-methyl/N-ethyl adjacent to an activating group) is 1. The third-order valence-corrected chi connectivity index (χ3v) is 5.78. The van der Waals surface area contributed by atoms with Gasteiger partial charge in [-0.15, -0.1) is 0 Å². The molecule has 1 aromatic rings. The summed E-state index contributed by atoms with van der Waals surface area (Å²) < 4.78 is 6.23. The second-order valence-corrected chi connectivity index (χ2v) is 7.20. The average Bonchev–Trinajstić information content (AvgIpc) is 2.83. The third-order valence-electron chi connectivity index (χ3n) is 5.78. The lowest BCUT2D eigenvalue weighted by molar-refractivity contribution is -0.938. The van der Waals surface area contributed by atoms with Crippen LogP contribution in [0.25, 0.3) is 0 Å². The molecule has 1 heterocycles. The van der Waals surface area contributed by atoms with E-state index in [9.17, 15) is 4.79 Å². The van der Waals surface area contributed by atoms with E-state index in [4.69, 9.17) is 4.74 Å². The predicted octanol–water partition coefficient (Wildman–Crippen LogP) is 4.05. The molecule has 1 fully saturated rings. The summed E-state index contributed by atoms with van der Waals surface area (Å²) in [6, 6.07) is 3.93. The second-order valence-electron chi connectivity index (χ2n) is 7.20. The van der Waals surface area contributed by atoms with Crippen LogP contribution < -0.4 is 10.1 Å². The highest BCUT2D eigenvalue weighted by Gasteiger charge is 2.37. The van der Waals surface area contributed by atoms with Crippen LogP contribution in [0.4, 0.5) is 5.69 Å². The monoisotopic (exact) mass is 333 g/mol. The summed E-state index contributed by atoms with van der Waals surface area (Å²) in [7, 11) is 1.67. The third kappa shape index (κ3) is 3.92. The second kappa shape index (κ2) is 8.02. The molecule has 0 spiro atoms. The highest BCUT2D eigenvalue weighted by atomic mass is 16.5. The maximum Gasteiger partial charge on any atom is 0.282 e. The molecule has 0 aliphatic carbocycles. The van der Waals surface area contributed by atoms with Crippen molar-refractivity contribution < 1.29 is 14.0 Å². The van der Waals surface area contributed by atoms with Gasteiger partial charge in [0, 0.05) is 5.69 Å². The molecule has 1 aliphatic rings. The smallest absolute Gasteiger partial charge is 0.282 e. The summed E-state index contributed by atoms with van der Waals surface area (Å²) in [6.45, 7) is 11.6. The molecule has 24 heavy (non-hydrogen) atoms. The molecule has 1 amide bonds. The molecule has 0 radical (unpaired) electrons. The lowest BCUT2D eigenvalue weighted by Crippen LogP contribution is -2.59. The summed E-state index contributed by atoms with van der Waals surface area (Å²) >= 11 is 0. The molecule has 134 valence electrons. The van der Waals surface area contributed by atoms with Crippen LogP contribution in [0.3, 0.4) is 0 Å². The fourth-order valence-corrected chi connectivity index (χ4v) is 4.01. The highest BCUT2D eigenvalue weighted by molar-refractivity contribution is 5.95. The Labute approximate surface area is 146 Å². The predicted molar refractivity (Wildman–Crippen MR) is 99.6 cm³/mol. The van der Waals surface area contributed by atoms with Crippen LogP contribution in [0.5, 0.6) is 5.75 Å². The number of amides is 1. The Bertz CT molecular complexity index is 552. The Balaban J connectivity index is 2.19. The van der Waals surface area contributed by atoms with E-state index >= 15 is 0 Å². The van der Waals surface area contributed by atoms with Gasteiger partial charge in [-0.25, -0.2) is 0 Å². The van der Waals surface area contributed by atoms with E-state index < -0.39 is 0 Å². The zero-order chi connectivity index (χ0) is 17.7. The molecule has 1 atom stereocenters. The van der Waals surface area contributed by atoms with Crippen LogP contribution in [0.15, 0.2) is 12.1 Å². The van der Waals surface area contributed by atoms with E-state index in [0.717, 1.165) is 46.7 Å². The number of anilines is 1. The van der Waals surface area contributed by atoms with Crippen molar-refractivity contribution in [1.29, 1.82) is 0 Å². The van der Waals surface area contributed by atoms with E-state index in [1.54, 1.807) is 7.11 Å². The van der Waals surface area contributed by atoms with Gasteiger partial charge in [-0.05, 0) is 76.6 Å². The zero-order valence-corrected chi connectivity index (χ0v) is 15.9. The first kappa shape index (κ1) is 18.8. The first-order valence-electron chi connectivity index (χ1n) is 9.25. The first-order chi connectivity index (χ1) is 11.4. The zero-order valence-electron chi connectivity index (χ0n) is 15.9. The van der Waals surface area contributed by atoms with Crippen molar-refractivity contribution in [1.82, 2.24) is 0 Å².